The average molecular weight is 345 g/mol. The van der Waals surface area contributed by atoms with Gasteiger partial charge in [-0.2, -0.15) is 5.10 Å². The first-order chi connectivity index (χ1) is 9.13. The van der Waals surface area contributed by atoms with Crippen molar-refractivity contribution in [2.24, 2.45) is 5.73 Å². The first-order valence-electron chi connectivity index (χ1n) is 5.84. The molecular formula is C13H15BrClN3O. The summed E-state index contributed by atoms with van der Waals surface area (Å²) in [6, 6.07) is 7.26. The Morgan fingerprint density at radius 2 is 2.11 bits per heavy atom. The normalized spacial score (nSPS) is 12.6. The molecule has 2 aromatic rings. The van der Waals surface area contributed by atoms with Gasteiger partial charge in [-0.25, -0.2) is 0 Å². The van der Waals surface area contributed by atoms with Crippen LogP contribution in [0.3, 0.4) is 0 Å². The summed E-state index contributed by atoms with van der Waals surface area (Å²) in [5, 5.41) is 5.00. The number of aromatic nitrogens is 2. The molecule has 0 aliphatic carbocycles. The maximum absolute atomic E-state index is 6.31. The predicted octanol–water partition coefficient (Wildman–Crippen LogP) is 2.99. The van der Waals surface area contributed by atoms with Crippen LogP contribution in [-0.4, -0.2) is 23.5 Å². The van der Waals surface area contributed by atoms with Crippen LogP contribution in [0.1, 0.15) is 17.3 Å². The zero-order chi connectivity index (χ0) is 13.8. The molecule has 1 aromatic carbocycles. The predicted molar refractivity (Wildman–Crippen MR) is 79.3 cm³/mol. The molecule has 0 bridgehead atoms. The van der Waals surface area contributed by atoms with Crippen LogP contribution in [0.25, 0.3) is 0 Å². The molecule has 1 unspecified atom stereocenters. The molecule has 0 spiro atoms. The summed E-state index contributed by atoms with van der Waals surface area (Å²) < 4.78 is 7.83. The topological polar surface area (TPSA) is 53.1 Å². The summed E-state index contributed by atoms with van der Waals surface area (Å²) in [5.41, 5.74) is 8.23. The number of nitrogens with two attached hydrogens (primary N) is 1. The van der Waals surface area contributed by atoms with Crippen molar-refractivity contribution in [2.45, 2.75) is 12.6 Å². The smallest absolute Gasteiger partial charge is 0.0739 e. The number of hydrogen-bond acceptors (Lipinski definition) is 3. The highest BCUT2D eigenvalue weighted by Gasteiger charge is 2.18. The lowest BCUT2D eigenvalue weighted by molar-refractivity contribution is 0.182. The Balaban J connectivity index is 2.29. The zero-order valence-corrected chi connectivity index (χ0v) is 12.9. The molecule has 0 aliphatic heterocycles. The Hall–Kier alpha value is -0.880. The van der Waals surface area contributed by atoms with E-state index in [9.17, 15) is 0 Å². The molecule has 2 rings (SSSR count). The zero-order valence-electron chi connectivity index (χ0n) is 10.5. The number of methoxy groups -OCH3 is 1. The van der Waals surface area contributed by atoms with E-state index in [4.69, 9.17) is 22.1 Å². The van der Waals surface area contributed by atoms with Crippen molar-refractivity contribution < 1.29 is 4.74 Å². The number of benzene rings is 1. The highest BCUT2D eigenvalue weighted by Crippen LogP contribution is 2.27. The molecule has 0 amide bonds. The Morgan fingerprint density at radius 1 is 1.42 bits per heavy atom. The standard InChI is InChI=1S/C13H15BrClN3O/c1-19-7-6-18-13(11(14)8-17-18)12(16)9-2-4-10(15)5-3-9/h2-5,8,12H,6-7,16H2,1H3. The van der Waals surface area contributed by atoms with E-state index in [-0.39, 0.29) is 6.04 Å². The molecule has 0 radical (unpaired) electrons. The lowest BCUT2D eigenvalue weighted by Crippen LogP contribution is -2.19. The lowest BCUT2D eigenvalue weighted by Gasteiger charge is -2.15. The van der Waals surface area contributed by atoms with Crippen LogP contribution < -0.4 is 5.73 Å². The first-order valence-corrected chi connectivity index (χ1v) is 7.01. The number of rotatable bonds is 5. The summed E-state index contributed by atoms with van der Waals surface area (Å²) in [4.78, 5) is 0. The highest BCUT2D eigenvalue weighted by atomic mass is 79.9. The number of ether oxygens (including phenoxy) is 1. The van der Waals surface area contributed by atoms with Gasteiger partial charge >= 0.3 is 0 Å². The van der Waals surface area contributed by atoms with Gasteiger partial charge in [0.1, 0.15) is 0 Å². The maximum Gasteiger partial charge on any atom is 0.0739 e. The van der Waals surface area contributed by atoms with Crippen LogP contribution in [0.4, 0.5) is 0 Å². The van der Waals surface area contributed by atoms with Crippen LogP contribution in [0.5, 0.6) is 0 Å². The van der Waals surface area contributed by atoms with Crippen molar-refractivity contribution in [3.63, 3.8) is 0 Å². The van der Waals surface area contributed by atoms with Crippen molar-refractivity contribution in [1.29, 1.82) is 0 Å². The van der Waals surface area contributed by atoms with Gasteiger partial charge in [0.25, 0.3) is 0 Å². The summed E-state index contributed by atoms with van der Waals surface area (Å²) in [6.07, 6.45) is 1.75. The van der Waals surface area contributed by atoms with Gasteiger partial charge in [0.2, 0.25) is 0 Å². The Morgan fingerprint density at radius 3 is 2.74 bits per heavy atom. The molecule has 1 atom stereocenters. The van der Waals surface area contributed by atoms with Gasteiger partial charge in [0, 0.05) is 12.1 Å². The van der Waals surface area contributed by atoms with Crippen LogP contribution in [0.15, 0.2) is 34.9 Å². The van der Waals surface area contributed by atoms with Crippen molar-refractivity contribution >= 4 is 27.5 Å². The number of halogens is 2. The minimum absolute atomic E-state index is 0.258. The third-order valence-corrected chi connectivity index (χ3v) is 3.73. The van der Waals surface area contributed by atoms with E-state index < -0.39 is 0 Å². The molecule has 1 aromatic heterocycles. The fourth-order valence-corrected chi connectivity index (χ4v) is 2.53. The van der Waals surface area contributed by atoms with E-state index in [0.717, 1.165) is 15.7 Å². The van der Waals surface area contributed by atoms with E-state index in [1.807, 2.05) is 28.9 Å². The monoisotopic (exact) mass is 343 g/mol. The van der Waals surface area contributed by atoms with Gasteiger partial charge in [0.15, 0.2) is 0 Å². The second-order valence-electron chi connectivity index (χ2n) is 4.12. The Labute approximate surface area is 125 Å². The SMILES string of the molecule is COCCn1ncc(Br)c1C(N)c1ccc(Cl)cc1. The minimum atomic E-state index is -0.258. The summed E-state index contributed by atoms with van der Waals surface area (Å²) in [5.74, 6) is 0. The summed E-state index contributed by atoms with van der Waals surface area (Å²) >= 11 is 9.38. The molecule has 102 valence electrons. The third kappa shape index (κ3) is 3.36. The third-order valence-electron chi connectivity index (χ3n) is 2.86. The average Bonchev–Trinajstić information content (AvgIpc) is 2.77. The molecule has 0 saturated carbocycles. The van der Waals surface area contributed by atoms with Crippen LogP contribution in [-0.2, 0) is 11.3 Å². The number of nitrogens with zero attached hydrogens (tertiary/aromatic N) is 2. The van der Waals surface area contributed by atoms with E-state index in [2.05, 4.69) is 21.0 Å². The van der Waals surface area contributed by atoms with Crippen LogP contribution in [0.2, 0.25) is 5.02 Å². The van der Waals surface area contributed by atoms with E-state index in [0.29, 0.717) is 18.2 Å². The largest absolute Gasteiger partial charge is 0.383 e. The van der Waals surface area contributed by atoms with Gasteiger partial charge in [-0.3, -0.25) is 4.68 Å². The van der Waals surface area contributed by atoms with Gasteiger partial charge in [-0.1, -0.05) is 23.7 Å². The van der Waals surface area contributed by atoms with Gasteiger partial charge < -0.3 is 10.5 Å². The molecule has 0 saturated heterocycles. The first kappa shape index (κ1) is 14.5. The Bertz CT molecular complexity index is 541. The van der Waals surface area contributed by atoms with Crippen LogP contribution >= 0.6 is 27.5 Å². The quantitative estimate of drug-likeness (QED) is 0.907. The second-order valence-corrected chi connectivity index (χ2v) is 5.41. The van der Waals surface area contributed by atoms with Gasteiger partial charge in [-0.05, 0) is 33.6 Å². The van der Waals surface area contributed by atoms with Crippen molar-refractivity contribution in [3.05, 3.63) is 51.2 Å². The van der Waals surface area contributed by atoms with Crippen molar-refractivity contribution in [3.8, 4) is 0 Å². The van der Waals surface area contributed by atoms with Gasteiger partial charge in [-0.15, -0.1) is 0 Å². The molecule has 0 fully saturated rings. The Kier molecular flexibility index (Phi) is 4.99. The van der Waals surface area contributed by atoms with Crippen molar-refractivity contribution in [1.82, 2.24) is 9.78 Å². The van der Waals surface area contributed by atoms with Gasteiger partial charge in [0.05, 0.1) is 35.6 Å². The van der Waals surface area contributed by atoms with E-state index in [1.165, 1.54) is 0 Å². The fourth-order valence-electron chi connectivity index (χ4n) is 1.87. The van der Waals surface area contributed by atoms with Crippen LogP contribution in [0, 0.1) is 0 Å². The molecule has 6 heteroatoms. The van der Waals surface area contributed by atoms with Crippen molar-refractivity contribution in [2.75, 3.05) is 13.7 Å². The molecule has 19 heavy (non-hydrogen) atoms. The summed E-state index contributed by atoms with van der Waals surface area (Å²) in [7, 11) is 1.66. The molecular weight excluding hydrogens is 330 g/mol. The minimum Gasteiger partial charge on any atom is -0.383 e. The lowest BCUT2D eigenvalue weighted by atomic mass is 10.0. The summed E-state index contributed by atoms with van der Waals surface area (Å²) in [6.45, 7) is 1.26. The number of hydrogen-bond donors (Lipinski definition) is 1. The maximum atomic E-state index is 6.31. The molecule has 4 nitrogen and oxygen atoms in total. The highest BCUT2D eigenvalue weighted by molar-refractivity contribution is 9.10. The van der Waals surface area contributed by atoms with E-state index in [1.54, 1.807) is 13.3 Å². The van der Waals surface area contributed by atoms with E-state index >= 15 is 0 Å². The molecule has 1 heterocycles. The molecule has 0 aliphatic rings. The fraction of sp³-hybridized carbons (Fsp3) is 0.308. The molecule has 2 N–H and O–H groups in total. The second kappa shape index (κ2) is 6.52.